The molecular weight excluding hydrogens is 210 g/mol. The largest absolute Gasteiger partial charge is 0.365 e. The Morgan fingerprint density at radius 3 is 2.59 bits per heavy atom. The topological polar surface area (TPSA) is 37.0 Å². The average molecular weight is 235 g/mol. The van der Waals surface area contributed by atoms with Crippen LogP contribution in [0.15, 0.2) is 18.3 Å². The van der Waals surface area contributed by atoms with Crippen molar-refractivity contribution in [3.8, 4) is 0 Å². The van der Waals surface area contributed by atoms with Crippen LogP contribution < -0.4 is 10.6 Å². The van der Waals surface area contributed by atoms with Crippen LogP contribution >= 0.6 is 0 Å². The molecule has 0 unspecified atom stereocenters. The number of pyridine rings is 1. The first-order valence-electron chi connectivity index (χ1n) is 6.31. The summed E-state index contributed by atoms with van der Waals surface area (Å²) < 4.78 is 0. The predicted molar refractivity (Wildman–Crippen MR) is 74.2 cm³/mol. The minimum Gasteiger partial charge on any atom is -0.365 e. The van der Waals surface area contributed by atoms with Crippen LogP contribution in [0.3, 0.4) is 0 Å². The maximum absolute atomic E-state index is 4.41. The minimum absolute atomic E-state index is 0.0428. The predicted octanol–water partition coefficient (Wildman–Crippen LogP) is 3.04. The fourth-order valence-corrected chi connectivity index (χ4v) is 1.54. The molecule has 0 fully saturated rings. The van der Waals surface area contributed by atoms with Gasteiger partial charge in [-0.2, -0.15) is 0 Å². The van der Waals surface area contributed by atoms with E-state index in [1.807, 2.05) is 12.3 Å². The van der Waals surface area contributed by atoms with Crippen molar-refractivity contribution in [2.24, 2.45) is 5.92 Å². The van der Waals surface area contributed by atoms with Crippen molar-refractivity contribution in [1.82, 2.24) is 10.3 Å². The summed E-state index contributed by atoms with van der Waals surface area (Å²) in [5.41, 5.74) is 1.27. The van der Waals surface area contributed by atoms with Gasteiger partial charge in [-0.3, -0.25) is 0 Å². The standard InChI is InChI=1S/C14H25N3/c1-11(2)9-15-10-12-7-6-8-16-13(12)17-14(3,4)5/h6-8,11,15H,9-10H2,1-5H3,(H,16,17). The van der Waals surface area contributed by atoms with Crippen LogP contribution in [-0.4, -0.2) is 17.1 Å². The third-order valence-corrected chi connectivity index (χ3v) is 2.25. The van der Waals surface area contributed by atoms with E-state index in [9.17, 15) is 0 Å². The smallest absolute Gasteiger partial charge is 0.130 e. The molecule has 0 atom stereocenters. The maximum Gasteiger partial charge on any atom is 0.130 e. The first-order chi connectivity index (χ1) is 7.88. The van der Waals surface area contributed by atoms with E-state index in [-0.39, 0.29) is 5.54 Å². The van der Waals surface area contributed by atoms with E-state index < -0.39 is 0 Å². The lowest BCUT2D eigenvalue weighted by atomic mass is 10.1. The Labute approximate surface area is 105 Å². The molecule has 17 heavy (non-hydrogen) atoms. The lowest BCUT2D eigenvalue weighted by Crippen LogP contribution is -2.28. The lowest BCUT2D eigenvalue weighted by Gasteiger charge is -2.23. The zero-order chi connectivity index (χ0) is 12.9. The van der Waals surface area contributed by atoms with Crippen LogP contribution in [0.2, 0.25) is 0 Å². The molecule has 0 aliphatic carbocycles. The monoisotopic (exact) mass is 235 g/mol. The lowest BCUT2D eigenvalue weighted by molar-refractivity contribution is 0.551. The summed E-state index contributed by atoms with van der Waals surface area (Å²) in [6.07, 6.45) is 1.83. The molecule has 3 nitrogen and oxygen atoms in total. The summed E-state index contributed by atoms with van der Waals surface area (Å²) in [6, 6.07) is 4.11. The first-order valence-corrected chi connectivity index (χ1v) is 6.31. The Balaban J connectivity index is 2.64. The zero-order valence-corrected chi connectivity index (χ0v) is 11.7. The third kappa shape index (κ3) is 5.68. The van der Waals surface area contributed by atoms with Crippen molar-refractivity contribution in [1.29, 1.82) is 0 Å². The second-order valence-corrected chi connectivity index (χ2v) is 5.91. The molecule has 1 aromatic heterocycles. The van der Waals surface area contributed by atoms with Crippen LogP contribution in [0.1, 0.15) is 40.2 Å². The van der Waals surface area contributed by atoms with E-state index in [1.54, 1.807) is 0 Å². The summed E-state index contributed by atoms with van der Waals surface area (Å²) in [4.78, 5) is 4.41. The Bertz CT molecular complexity index is 340. The van der Waals surface area contributed by atoms with Crippen LogP contribution in [0, 0.1) is 5.92 Å². The van der Waals surface area contributed by atoms with Gasteiger partial charge in [0.2, 0.25) is 0 Å². The Morgan fingerprint density at radius 2 is 2.00 bits per heavy atom. The van der Waals surface area contributed by atoms with Gasteiger partial charge in [-0.1, -0.05) is 19.9 Å². The van der Waals surface area contributed by atoms with Crippen molar-refractivity contribution >= 4 is 5.82 Å². The van der Waals surface area contributed by atoms with E-state index >= 15 is 0 Å². The molecule has 0 saturated carbocycles. The van der Waals surface area contributed by atoms with Gasteiger partial charge >= 0.3 is 0 Å². The molecular formula is C14H25N3. The SMILES string of the molecule is CC(C)CNCc1cccnc1NC(C)(C)C. The van der Waals surface area contributed by atoms with Gasteiger partial charge in [-0.05, 0) is 39.3 Å². The molecule has 0 aliphatic rings. The van der Waals surface area contributed by atoms with E-state index in [0.717, 1.165) is 18.9 Å². The molecule has 1 rings (SSSR count). The van der Waals surface area contributed by atoms with Crippen LogP contribution in [-0.2, 0) is 6.54 Å². The van der Waals surface area contributed by atoms with E-state index in [1.165, 1.54) is 5.56 Å². The van der Waals surface area contributed by atoms with Crippen molar-refractivity contribution in [3.63, 3.8) is 0 Å². The molecule has 1 heterocycles. The summed E-state index contributed by atoms with van der Waals surface area (Å²) in [7, 11) is 0. The van der Waals surface area contributed by atoms with Gasteiger partial charge in [-0.25, -0.2) is 4.98 Å². The molecule has 96 valence electrons. The molecule has 0 aromatic carbocycles. The number of hydrogen-bond donors (Lipinski definition) is 2. The number of nitrogens with one attached hydrogen (secondary N) is 2. The van der Waals surface area contributed by atoms with Crippen molar-refractivity contribution in [3.05, 3.63) is 23.9 Å². The van der Waals surface area contributed by atoms with E-state index in [4.69, 9.17) is 0 Å². The fourth-order valence-electron chi connectivity index (χ4n) is 1.54. The van der Waals surface area contributed by atoms with Gasteiger partial charge in [0.25, 0.3) is 0 Å². The third-order valence-electron chi connectivity index (χ3n) is 2.25. The first kappa shape index (κ1) is 14.0. The molecule has 3 heteroatoms. The summed E-state index contributed by atoms with van der Waals surface area (Å²) >= 11 is 0. The van der Waals surface area contributed by atoms with Crippen molar-refractivity contribution in [2.45, 2.75) is 46.7 Å². The second-order valence-electron chi connectivity index (χ2n) is 5.91. The normalized spacial score (nSPS) is 11.9. The van der Waals surface area contributed by atoms with Crippen LogP contribution in [0.5, 0.6) is 0 Å². The highest BCUT2D eigenvalue weighted by molar-refractivity contribution is 5.45. The highest BCUT2D eigenvalue weighted by Crippen LogP contribution is 2.16. The molecule has 0 bridgehead atoms. The van der Waals surface area contributed by atoms with Crippen molar-refractivity contribution in [2.75, 3.05) is 11.9 Å². The van der Waals surface area contributed by atoms with Gasteiger partial charge in [0.1, 0.15) is 5.82 Å². The van der Waals surface area contributed by atoms with Gasteiger partial charge in [-0.15, -0.1) is 0 Å². The summed E-state index contributed by atoms with van der Waals surface area (Å²) in [5, 5.41) is 6.88. The Hall–Kier alpha value is -1.09. The molecule has 0 radical (unpaired) electrons. The van der Waals surface area contributed by atoms with Crippen LogP contribution in [0.25, 0.3) is 0 Å². The minimum atomic E-state index is 0.0428. The molecule has 1 aromatic rings. The number of nitrogens with zero attached hydrogens (tertiary/aromatic N) is 1. The molecule has 0 aliphatic heterocycles. The zero-order valence-electron chi connectivity index (χ0n) is 11.7. The number of hydrogen-bond acceptors (Lipinski definition) is 3. The van der Waals surface area contributed by atoms with Gasteiger partial charge in [0.15, 0.2) is 0 Å². The molecule has 2 N–H and O–H groups in total. The Morgan fingerprint density at radius 1 is 1.29 bits per heavy atom. The Kier molecular flexibility index (Phi) is 4.94. The maximum atomic E-state index is 4.41. The van der Waals surface area contributed by atoms with Gasteiger partial charge < -0.3 is 10.6 Å². The van der Waals surface area contributed by atoms with E-state index in [0.29, 0.717) is 5.92 Å². The molecule has 0 amide bonds. The molecule has 0 spiro atoms. The highest BCUT2D eigenvalue weighted by Gasteiger charge is 2.12. The van der Waals surface area contributed by atoms with Gasteiger partial charge in [0, 0.05) is 23.8 Å². The average Bonchev–Trinajstić information content (AvgIpc) is 2.17. The number of aromatic nitrogens is 1. The number of anilines is 1. The van der Waals surface area contributed by atoms with E-state index in [2.05, 4.69) is 56.3 Å². The fraction of sp³-hybridized carbons (Fsp3) is 0.643. The second kappa shape index (κ2) is 6.01. The molecule has 0 saturated heterocycles. The quantitative estimate of drug-likeness (QED) is 0.823. The highest BCUT2D eigenvalue weighted by atomic mass is 15.0. The summed E-state index contributed by atoms with van der Waals surface area (Å²) in [5.74, 6) is 1.65. The summed E-state index contributed by atoms with van der Waals surface area (Å²) in [6.45, 7) is 12.8. The van der Waals surface area contributed by atoms with Crippen LogP contribution in [0.4, 0.5) is 5.82 Å². The van der Waals surface area contributed by atoms with Crippen molar-refractivity contribution < 1.29 is 0 Å². The van der Waals surface area contributed by atoms with Gasteiger partial charge in [0.05, 0.1) is 0 Å². The number of rotatable bonds is 5.